The summed E-state index contributed by atoms with van der Waals surface area (Å²) in [4.78, 5) is 4.55. The fraction of sp³-hybridized carbons (Fsp3) is 0.190. The molecule has 0 unspecified atom stereocenters. The number of pyridine rings is 1. The lowest BCUT2D eigenvalue weighted by Crippen LogP contribution is -2.13. The summed E-state index contributed by atoms with van der Waals surface area (Å²) in [6, 6.07) is 14.6. The first-order valence-corrected chi connectivity index (χ1v) is 10.1. The van der Waals surface area contributed by atoms with E-state index in [1.807, 2.05) is 39.8 Å². The van der Waals surface area contributed by atoms with Crippen molar-refractivity contribution in [1.82, 2.24) is 4.98 Å². The van der Waals surface area contributed by atoms with Gasteiger partial charge < -0.3 is 5.32 Å². The molecule has 0 radical (unpaired) electrons. The SMILES string of the molecule is Cc1ccc(Nc2ccc(NS(=O)(=O)c3ccc(C)c(C)c3)cn2)c(C)c1. The second kappa shape index (κ2) is 7.40. The molecule has 0 amide bonds. The molecule has 5 nitrogen and oxygen atoms in total. The Morgan fingerprint density at radius 3 is 2.22 bits per heavy atom. The Kier molecular flexibility index (Phi) is 5.19. The van der Waals surface area contributed by atoms with E-state index in [9.17, 15) is 8.42 Å². The van der Waals surface area contributed by atoms with Crippen LogP contribution in [0.2, 0.25) is 0 Å². The van der Waals surface area contributed by atoms with Crippen molar-refractivity contribution >= 4 is 27.2 Å². The van der Waals surface area contributed by atoms with Gasteiger partial charge in [0.1, 0.15) is 5.82 Å². The molecule has 0 aliphatic rings. The zero-order valence-electron chi connectivity index (χ0n) is 15.9. The first-order chi connectivity index (χ1) is 12.7. The Bertz CT molecular complexity index is 1080. The Labute approximate surface area is 160 Å². The summed E-state index contributed by atoms with van der Waals surface area (Å²) in [7, 11) is -3.65. The molecule has 3 aromatic rings. The highest BCUT2D eigenvalue weighted by molar-refractivity contribution is 7.92. The standard InChI is InChI=1S/C21H23N3O2S/c1-14-5-9-20(17(4)11-14)23-21-10-7-18(13-22-21)24-27(25,26)19-8-6-15(2)16(3)12-19/h5-13,24H,1-4H3,(H,22,23). The van der Waals surface area contributed by atoms with Crippen molar-refractivity contribution in [1.29, 1.82) is 0 Å². The summed E-state index contributed by atoms with van der Waals surface area (Å²) in [5.74, 6) is 0.649. The molecule has 2 aromatic carbocycles. The maximum atomic E-state index is 12.6. The highest BCUT2D eigenvalue weighted by Gasteiger charge is 2.15. The predicted molar refractivity (Wildman–Crippen MR) is 110 cm³/mol. The fourth-order valence-electron chi connectivity index (χ4n) is 2.72. The third kappa shape index (κ3) is 4.46. The number of hydrogen-bond donors (Lipinski definition) is 2. The number of nitrogens with zero attached hydrogens (tertiary/aromatic N) is 1. The highest BCUT2D eigenvalue weighted by Crippen LogP contribution is 2.22. The zero-order chi connectivity index (χ0) is 19.6. The van der Waals surface area contributed by atoms with Crippen LogP contribution in [0.25, 0.3) is 0 Å². The van der Waals surface area contributed by atoms with Gasteiger partial charge in [0.15, 0.2) is 0 Å². The summed E-state index contributed by atoms with van der Waals surface area (Å²) in [5.41, 5.74) is 5.69. The molecule has 0 atom stereocenters. The quantitative estimate of drug-likeness (QED) is 0.662. The van der Waals surface area contributed by atoms with E-state index in [4.69, 9.17) is 0 Å². The summed E-state index contributed by atoms with van der Waals surface area (Å²) < 4.78 is 27.7. The first kappa shape index (κ1) is 18.9. The first-order valence-electron chi connectivity index (χ1n) is 8.65. The highest BCUT2D eigenvalue weighted by atomic mass is 32.2. The minimum absolute atomic E-state index is 0.239. The molecular weight excluding hydrogens is 358 g/mol. The average molecular weight is 382 g/mol. The van der Waals surface area contributed by atoms with Crippen molar-refractivity contribution in [3.8, 4) is 0 Å². The molecule has 140 valence electrons. The number of nitrogens with one attached hydrogen (secondary N) is 2. The van der Waals surface area contributed by atoms with E-state index in [-0.39, 0.29) is 4.90 Å². The van der Waals surface area contributed by atoms with E-state index in [1.165, 1.54) is 11.8 Å². The number of anilines is 3. The van der Waals surface area contributed by atoms with Gasteiger partial charge in [-0.3, -0.25) is 4.72 Å². The van der Waals surface area contributed by atoms with Crippen LogP contribution in [0.1, 0.15) is 22.3 Å². The number of aryl methyl sites for hydroxylation is 4. The summed E-state index contributed by atoms with van der Waals surface area (Å²) in [6.45, 7) is 7.92. The molecule has 6 heteroatoms. The number of rotatable bonds is 5. The van der Waals surface area contributed by atoms with Gasteiger partial charge in [-0.25, -0.2) is 13.4 Å². The maximum Gasteiger partial charge on any atom is 0.261 e. The van der Waals surface area contributed by atoms with E-state index in [0.29, 0.717) is 11.5 Å². The average Bonchev–Trinajstić information content (AvgIpc) is 2.61. The van der Waals surface area contributed by atoms with Crippen molar-refractivity contribution in [3.63, 3.8) is 0 Å². The Morgan fingerprint density at radius 1 is 0.815 bits per heavy atom. The molecule has 0 aliphatic carbocycles. The van der Waals surface area contributed by atoms with Gasteiger partial charge in [-0.05, 0) is 74.7 Å². The second-order valence-corrected chi connectivity index (χ2v) is 8.41. The lowest BCUT2D eigenvalue weighted by molar-refractivity contribution is 0.601. The molecular formula is C21H23N3O2S. The lowest BCUT2D eigenvalue weighted by atomic mass is 10.1. The van der Waals surface area contributed by atoms with Gasteiger partial charge in [-0.1, -0.05) is 23.8 Å². The maximum absolute atomic E-state index is 12.6. The molecule has 1 heterocycles. The normalized spacial score (nSPS) is 11.3. The van der Waals surface area contributed by atoms with Crippen LogP contribution in [0.4, 0.5) is 17.2 Å². The summed E-state index contributed by atoms with van der Waals surface area (Å²) in [5, 5.41) is 3.25. The van der Waals surface area contributed by atoms with Gasteiger partial charge in [-0.15, -0.1) is 0 Å². The number of aromatic nitrogens is 1. The Hall–Kier alpha value is -2.86. The van der Waals surface area contributed by atoms with E-state index in [1.54, 1.807) is 30.3 Å². The third-order valence-electron chi connectivity index (χ3n) is 4.45. The number of sulfonamides is 1. The molecule has 3 rings (SSSR count). The summed E-state index contributed by atoms with van der Waals surface area (Å²) >= 11 is 0. The minimum Gasteiger partial charge on any atom is -0.340 e. The van der Waals surface area contributed by atoms with Crippen molar-refractivity contribution < 1.29 is 8.42 Å². The van der Waals surface area contributed by atoms with Gasteiger partial charge in [0.2, 0.25) is 0 Å². The second-order valence-electron chi connectivity index (χ2n) is 6.73. The molecule has 27 heavy (non-hydrogen) atoms. The van der Waals surface area contributed by atoms with E-state index in [2.05, 4.69) is 21.1 Å². The van der Waals surface area contributed by atoms with Crippen LogP contribution in [0.15, 0.2) is 59.6 Å². The number of benzene rings is 2. The van der Waals surface area contributed by atoms with Gasteiger partial charge in [0, 0.05) is 5.69 Å². The van der Waals surface area contributed by atoms with Crippen LogP contribution in [0, 0.1) is 27.7 Å². The molecule has 1 aromatic heterocycles. The van der Waals surface area contributed by atoms with Gasteiger partial charge in [0.25, 0.3) is 10.0 Å². The van der Waals surface area contributed by atoms with Crippen LogP contribution < -0.4 is 10.0 Å². The molecule has 2 N–H and O–H groups in total. The van der Waals surface area contributed by atoms with Crippen molar-refractivity contribution in [2.75, 3.05) is 10.0 Å². The van der Waals surface area contributed by atoms with Gasteiger partial charge in [0.05, 0.1) is 16.8 Å². The van der Waals surface area contributed by atoms with Crippen LogP contribution in [0.5, 0.6) is 0 Å². The van der Waals surface area contributed by atoms with Crippen LogP contribution in [0.3, 0.4) is 0 Å². The van der Waals surface area contributed by atoms with Crippen LogP contribution in [-0.4, -0.2) is 13.4 Å². The van der Waals surface area contributed by atoms with Crippen LogP contribution in [-0.2, 0) is 10.0 Å². The van der Waals surface area contributed by atoms with Crippen molar-refractivity contribution in [2.24, 2.45) is 0 Å². The molecule has 0 saturated heterocycles. The van der Waals surface area contributed by atoms with Crippen molar-refractivity contribution in [3.05, 3.63) is 77.0 Å². The lowest BCUT2D eigenvalue weighted by Gasteiger charge is -2.12. The van der Waals surface area contributed by atoms with Gasteiger partial charge >= 0.3 is 0 Å². The molecule has 0 aliphatic heterocycles. The monoisotopic (exact) mass is 381 g/mol. The van der Waals surface area contributed by atoms with Gasteiger partial charge in [-0.2, -0.15) is 0 Å². The van der Waals surface area contributed by atoms with E-state index in [0.717, 1.165) is 22.4 Å². The minimum atomic E-state index is -3.65. The Morgan fingerprint density at radius 2 is 1.59 bits per heavy atom. The summed E-state index contributed by atoms with van der Waals surface area (Å²) in [6.07, 6.45) is 1.50. The zero-order valence-corrected chi connectivity index (χ0v) is 16.7. The largest absolute Gasteiger partial charge is 0.340 e. The number of hydrogen-bond acceptors (Lipinski definition) is 4. The predicted octanol–water partition coefficient (Wildman–Crippen LogP) is 4.86. The molecule has 0 bridgehead atoms. The topological polar surface area (TPSA) is 71.1 Å². The smallest absolute Gasteiger partial charge is 0.261 e. The third-order valence-corrected chi connectivity index (χ3v) is 5.83. The van der Waals surface area contributed by atoms with Crippen LogP contribution >= 0.6 is 0 Å². The molecule has 0 spiro atoms. The van der Waals surface area contributed by atoms with E-state index < -0.39 is 10.0 Å². The Balaban J connectivity index is 1.76. The van der Waals surface area contributed by atoms with E-state index >= 15 is 0 Å². The fourth-order valence-corrected chi connectivity index (χ4v) is 3.84. The molecule has 0 saturated carbocycles. The van der Waals surface area contributed by atoms with Crippen molar-refractivity contribution in [2.45, 2.75) is 32.6 Å². The molecule has 0 fully saturated rings.